The Hall–Kier alpha value is -0.530. The fourth-order valence-corrected chi connectivity index (χ4v) is 5.09. The van der Waals surface area contributed by atoms with Crippen LogP contribution < -0.4 is 6.15 Å². The van der Waals surface area contributed by atoms with E-state index in [1.165, 1.54) is 128 Å². The van der Waals surface area contributed by atoms with E-state index in [9.17, 15) is 0 Å². The molecule has 3 N–H and O–H groups in total. The van der Waals surface area contributed by atoms with E-state index in [2.05, 4.69) is 51.1 Å². The first-order valence-corrected chi connectivity index (χ1v) is 14.7. The van der Waals surface area contributed by atoms with E-state index >= 15 is 0 Å². The number of alkyl halides is 1. The van der Waals surface area contributed by atoms with Crippen molar-refractivity contribution in [2.75, 3.05) is 0 Å². The summed E-state index contributed by atoms with van der Waals surface area (Å²) in [6, 6.07) is 10.7. The number of benzene rings is 1. The van der Waals surface area contributed by atoms with E-state index in [1.54, 1.807) is 0 Å². The third-order valence-corrected chi connectivity index (χ3v) is 7.92. The van der Waals surface area contributed by atoms with Gasteiger partial charge in [0.25, 0.3) is 0 Å². The van der Waals surface area contributed by atoms with Crippen molar-refractivity contribution in [1.29, 1.82) is 0 Å². The van der Waals surface area contributed by atoms with Crippen molar-refractivity contribution in [3.63, 3.8) is 0 Å². The van der Waals surface area contributed by atoms with Gasteiger partial charge in [0.1, 0.15) is 0 Å². The van der Waals surface area contributed by atoms with Crippen molar-refractivity contribution in [2.24, 2.45) is 5.92 Å². The fraction of sp³-hybridized carbons (Fsp3) is 0.806. The predicted molar refractivity (Wildman–Crippen MR) is 152 cm³/mol. The van der Waals surface area contributed by atoms with Gasteiger partial charge >= 0.3 is 0 Å². The lowest BCUT2D eigenvalue weighted by Crippen LogP contribution is -2.29. The predicted octanol–water partition coefficient (Wildman–Crippen LogP) is 11.5. The Bertz CT molecular complexity index is 513. The second kappa shape index (κ2) is 22.0. The lowest BCUT2D eigenvalue weighted by atomic mass is 9.85. The number of hydrogen-bond donors (Lipinski definition) is 1. The molecule has 0 saturated carbocycles. The Labute approximate surface area is 213 Å². The Balaban J connectivity index is 0.0000102. The largest absolute Gasteiger partial charge is 0.344 e. The summed E-state index contributed by atoms with van der Waals surface area (Å²) >= 11 is 6.90. The minimum atomic E-state index is -0.129. The molecule has 1 aromatic rings. The minimum absolute atomic E-state index is 0. The zero-order chi connectivity index (χ0) is 23.3. The van der Waals surface area contributed by atoms with Crippen LogP contribution in [0.2, 0.25) is 0 Å². The summed E-state index contributed by atoms with van der Waals surface area (Å²) in [6.07, 6.45) is 28.1. The molecule has 33 heavy (non-hydrogen) atoms. The van der Waals surface area contributed by atoms with Crippen molar-refractivity contribution < 1.29 is 0 Å². The molecule has 0 amide bonds. The Morgan fingerprint density at radius 1 is 0.636 bits per heavy atom. The summed E-state index contributed by atoms with van der Waals surface area (Å²) in [5, 5.41) is 0. The molecule has 0 spiro atoms. The average molecular weight is 480 g/mol. The van der Waals surface area contributed by atoms with Crippen molar-refractivity contribution in [2.45, 2.75) is 154 Å². The van der Waals surface area contributed by atoms with Gasteiger partial charge in [-0.3, -0.25) is 0 Å². The summed E-state index contributed by atoms with van der Waals surface area (Å²) in [6.45, 7) is 6.86. The van der Waals surface area contributed by atoms with Gasteiger partial charge in [-0.25, -0.2) is 0 Å². The molecule has 0 saturated heterocycles. The van der Waals surface area contributed by atoms with Crippen LogP contribution in [-0.2, 0) is 6.42 Å². The molecule has 2 atom stereocenters. The van der Waals surface area contributed by atoms with E-state index in [0.717, 1.165) is 6.42 Å². The Kier molecular flexibility index (Phi) is 21.6. The zero-order valence-electron chi connectivity index (χ0n) is 22.7. The molecule has 0 fully saturated rings. The van der Waals surface area contributed by atoms with Crippen LogP contribution in [0.25, 0.3) is 0 Å². The molecule has 1 nitrogen and oxygen atoms in total. The quantitative estimate of drug-likeness (QED) is 0.130. The highest BCUT2D eigenvalue weighted by Gasteiger charge is 2.28. The molecule has 0 aliphatic heterocycles. The van der Waals surface area contributed by atoms with Crippen LogP contribution in [0, 0.1) is 5.92 Å². The van der Waals surface area contributed by atoms with Crippen LogP contribution in [0.1, 0.15) is 148 Å². The van der Waals surface area contributed by atoms with Gasteiger partial charge in [-0.1, -0.05) is 160 Å². The summed E-state index contributed by atoms with van der Waals surface area (Å²) in [4.78, 5) is -0.129. The molecular formula is C31H58ClN. The monoisotopic (exact) mass is 479 g/mol. The van der Waals surface area contributed by atoms with Gasteiger partial charge in [0.05, 0.1) is 0 Å². The van der Waals surface area contributed by atoms with Crippen molar-refractivity contribution in [3.05, 3.63) is 35.9 Å². The maximum atomic E-state index is 6.90. The molecule has 0 heterocycles. The second-order valence-electron chi connectivity index (χ2n) is 10.6. The maximum Gasteiger partial charge on any atom is 0.0484 e. The minimum Gasteiger partial charge on any atom is -0.344 e. The molecular weight excluding hydrogens is 422 g/mol. The molecule has 2 unspecified atom stereocenters. The molecule has 0 radical (unpaired) electrons. The number of unbranched alkanes of at least 4 members (excludes halogenated alkanes) is 17. The zero-order valence-corrected chi connectivity index (χ0v) is 23.4. The summed E-state index contributed by atoms with van der Waals surface area (Å²) in [5.41, 5.74) is 1.36. The molecule has 2 heteroatoms. The van der Waals surface area contributed by atoms with Gasteiger partial charge < -0.3 is 6.15 Å². The topological polar surface area (TPSA) is 35.0 Å². The van der Waals surface area contributed by atoms with Gasteiger partial charge in [-0.2, -0.15) is 0 Å². The van der Waals surface area contributed by atoms with Crippen LogP contribution in [0.15, 0.2) is 30.3 Å². The highest BCUT2D eigenvalue weighted by molar-refractivity contribution is 6.24. The van der Waals surface area contributed by atoms with Crippen LogP contribution >= 0.6 is 11.6 Å². The molecule has 194 valence electrons. The number of rotatable bonds is 22. The molecule has 1 aromatic carbocycles. The molecule has 1 rings (SSSR count). The molecule has 0 aliphatic carbocycles. The van der Waals surface area contributed by atoms with Crippen LogP contribution in [0.3, 0.4) is 0 Å². The third-order valence-electron chi connectivity index (χ3n) is 7.41. The van der Waals surface area contributed by atoms with Crippen LogP contribution in [0.5, 0.6) is 0 Å². The van der Waals surface area contributed by atoms with Crippen LogP contribution in [-0.4, -0.2) is 4.87 Å². The standard InChI is InChI=1S/C31H55Cl.H3N/c1-4-5-6-7-8-9-10-11-12-13-14-15-16-17-18-19-20-22-25-29(2)31(3,32)28-30-26-23-21-24-27-30;/h21,23-24,26-27,29H,4-20,22,25,28H2,1-3H3;1H3. The smallest absolute Gasteiger partial charge is 0.0484 e. The first-order valence-electron chi connectivity index (χ1n) is 14.3. The summed E-state index contributed by atoms with van der Waals surface area (Å²) in [5.74, 6) is 0.561. The molecule has 0 aliphatic rings. The SMILES string of the molecule is CCCCCCCCCCCCCCCCCCCCC(C)C(C)(Cl)Cc1ccccc1.N. The van der Waals surface area contributed by atoms with Crippen LogP contribution in [0.4, 0.5) is 0 Å². The summed E-state index contributed by atoms with van der Waals surface area (Å²) < 4.78 is 0. The third kappa shape index (κ3) is 18.5. The molecule has 0 aromatic heterocycles. The normalized spacial score (nSPS) is 13.9. The first kappa shape index (κ1) is 32.5. The Morgan fingerprint density at radius 3 is 1.39 bits per heavy atom. The van der Waals surface area contributed by atoms with Crippen molar-refractivity contribution in [1.82, 2.24) is 6.15 Å². The van der Waals surface area contributed by atoms with E-state index in [1.807, 2.05) is 0 Å². The number of hydrogen-bond acceptors (Lipinski definition) is 1. The lowest BCUT2D eigenvalue weighted by molar-refractivity contribution is 0.376. The van der Waals surface area contributed by atoms with Gasteiger partial charge in [-0.15, -0.1) is 11.6 Å². The highest BCUT2D eigenvalue weighted by atomic mass is 35.5. The molecule has 0 bridgehead atoms. The van der Waals surface area contributed by atoms with E-state index in [0.29, 0.717) is 5.92 Å². The number of halogens is 1. The van der Waals surface area contributed by atoms with Gasteiger partial charge in [0.2, 0.25) is 0 Å². The van der Waals surface area contributed by atoms with Gasteiger partial charge in [0, 0.05) is 4.87 Å². The maximum absolute atomic E-state index is 6.90. The van der Waals surface area contributed by atoms with Gasteiger partial charge in [-0.05, 0) is 31.2 Å². The van der Waals surface area contributed by atoms with Crippen molar-refractivity contribution >= 4 is 11.6 Å². The van der Waals surface area contributed by atoms with E-state index < -0.39 is 0 Å². The lowest BCUT2D eigenvalue weighted by Gasteiger charge is -2.29. The fourth-order valence-electron chi connectivity index (χ4n) is 4.82. The highest BCUT2D eigenvalue weighted by Crippen LogP contribution is 2.32. The van der Waals surface area contributed by atoms with Crippen molar-refractivity contribution in [3.8, 4) is 0 Å². The van der Waals surface area contributed by atoms with E-state index in [4.69, 9.17) is 11.6 Å². The second-order valence-corrected chi connectivity index (χ2v) is 11.5. The van der Waals surface area contributed by atoms with Gasteiger partial charge in [0.15, 0.2) is 0 Å². The Morgan fingerprint density at radius 2 is 1.00 bits per heavy atom. The first-order chi connectivity index (χ1) is 15.6. The summed E-state index contributed by atoms with van der Waals surface area (Å²) in [7, 11) is 0. The van der Waals surface area contributed by atoms with E-state index in [-0.39, 0.29) is 11.0 Å². The average Bonchev–Trinajstić information content (AvgIpc) is 2.78.